The predicted molar refractivity (Wildman–Crippen MR) is 59.0 cm³/mol. The average molecular weight is 260 g/mol. The Balaban J connectivity index is 2.33. The number of hydrogen-bond acceptors (Lipinski definition) is 4. The van der Waals surface area contributed by atoms with E-state index < -0.39 is 20.9 Å². The number of aliphatic hydroxyl groups excluding tert-OH is 1. The normalized spacial score (nSPS) is 16.8. The molecule has 1 aliphatic heterocycles. The smallest absolute Gasteiger partial charge is 0.188 e. The molecule has 0 amide bonds. The van der Waals surface area contributed by atoms with Crippen LogP contribution in [0.2, 0.25) is 0 Å². The third-order valence-corrected chi connectivity index (χ3v) is 4.84. The van der Waals surface area contributed by atoms with E-state index in [9.17, 15) is 12.8 Å². The van der Waals surface area contributed by atoms with Crippen LogP contribution in [-0.4, -0.2) is 38.6 Å². The molecule has 2 rings (SSSR count). The first-order chi connectivity index (χ1) is 8.05. The van der Waals surface area contributed by atoms with Gasteiger partial charge in [0.05, 0.1) is 13.2 Å². The number of aliphatic hydroxyl groups is 1. The number of benzene rings is 1. The van der Waals surface area contributed by atoms with Gasteiger partial charge in [0.2, 0.25) is 0 Å². The van der Waals surface area contributed by atoms with Crippen LogP contribution in [0.5, 0.6) is 0 Å². The molecule has 1 saturated heterocycles. The molecule has 4 nitrogen and oxygen atoms in total. The summed E-state index contributed by atoms with van der Waals surface area (Å²) in [6, 6.07) is 3.93. The molecule has 1 fully saturated rings. The highest BCUT2D eigenvalue weighted by Crippen LogP contribution is 2.24. The summed E-state index contributed by atoms with van der Waals surface area (Å²) < 4.78 is 42.4. The molecule has 0 atom stereocenters. The van der Waals surface area contributed by atoms with Crippen molar-refractivity contribution in [1.29, 1.82) is 0 Å². The van der Waals surface area contributed by atoms with Crippen LogP contribution >= 0.6 is 0 Å². The van der Waals surface area contributed by atoms with Gasteiger partial charge in [0, 0.05) is 6.61 Å². The number of halogens is 1. The summed E-state index contributed by atoms with van der Waals surface area (Å²) in [6.07, 6.45) is 0.309. The summed E-state index contributed by atoms with van der Waals surface area (Å²) in [6.45, 7) is 0.155. The Bertz CT molecular complexity index is 508. The first kappa shape index (κ1) is 12.5. The van der Waals surface area contributed by atoms with Crippen molar-refractivity contribution in [1.82, 2.24) is 0 Å². The Labute approximate surface area is 98.9 Å². The zero-order chi connectivity index (χ0) is 12.5. The topological polar surface area (TPSA) is 63.6 Å². The van der Waals surface area contributed by atoms with Gasteiger partial charge >= 0.3 is 0 Å². The van der Waals surface area contributed by atoms with Crippen molar-refractivity contribution >= 4 is 9.84 Å². The third kappa shape index (κ3) is 2.34. The van der Waals surface area contributed by atoms with Gasteiger partial charge in [0.1, 0.15) is 16.0 Å². The standard InChI is InChI=1S/C11H13FO4S/c12-10-5-8(3-4-13)1-2-11(10)17(14,15)9-6-16-7-9/h1-2,5,9,13H,3-4,6-7H2. The number of ether oxygens (including phenoxy) is 1. The lowest BCUT2D eigenvalue weighted by molar-refractivity contribution is 0.0415. The molecule has 6 heteroatoms. The molecule has 1 aromatic rings. The largest absolute Gasteiger partial charge is 0.396 e. The van der Waals surface area contributed by atoms with E-state index in [1.54, 1.807) is 0 Å². The summed E-state index contributed by atoms with van der Waals surface area (Å²) in [4.78, 5) is -0.285. The second kappa shape index (κ2) is 4.72. The lowest BCUT2D eigenvalue weighted by Crippen LogP contribution is -2.40. The van der Waals surface area contributed by atoms with E-state index in [-0.39, 0.29) is 24.7 Å². The van der Waals surface area contributed by atoms with E-state index in [1.165, 1.54) is 12.1 Å². The minimum atomic E-state index is -3.63. The summed E-state index contributed by atoms with van der Waals surface area (Å²) in [5.74, 6) is -0.761. The van der Waals surface area contributed by atoms with Gasteiger partial charge in [-0.1, -0.05) is 6.07 Å². The number of hydrogen-bond donors (Lipinski definition) is 1. The Morgan fingerprint density at radius 1 is 1.41 bits per heavy atom. The molecule has 0 unspecified atom stereocenters. The molecular weight excluding hydrogens is 247 g/mol. The maximum Gasteiger partial charge on any atom is 0.188 e. The maximum atomic E-state index is 13.7. The third-order valence-electron chi connectivity index (χ3n) is 2.75. The van der Waals surface area contributed by atoms with Gasteiger partial charge in [0.25, 0.3) is 0 Å². The van der Waals surface area contributed by atoms with Crippen LogP contribution in [0, 0.1) is 5.82 Å². The maximum absolute atomic E-state index is 13.7. The second-order valence-electron chi connectivity index (χ2n) is 3.94. The SMILES string of the molecule is O=S(=O)(c1ccc(CCO)cc1F)C1COC1. The van der Waals surface area contributed by atoms with Crippen LogP contribution in [0.25, 0.3) is 0 Å². The van der Waals surface area contributed by atoms with E-state index in [2.05, 4.69) is 0 Å². The first-order valence-electron chi connectivity index (χ1n) is 5.26. The van der Waals surface area contributed by atoms with Gasteiger partial charge in [0.15, 0.2) is 9.84 Å². The molecule has 0 saturated carbocycles. The highest BCUT2D eigenvalue weighted by molar-refractivity contribution is 7.92. The van der Waals surface area contributed by atoms with E-state index in [0.29, 0.717) is 12.0 Å². The van der Waals surface area contributed by atoms with Crippen LogP contribution in [0.1, 0.15) is 5.56 Å². The van der Waals surface area contributed by atoms with Gasteiger partial charge in [-0.15, -0.1) is 0 Å². The van der Waals surface area contributed by atoms with E-state index in [4.69, 9.17) is 9.84 Å². The van der Waals surface area contributed by atoms with E-state index >= 15 is 0 Å². The summed E-state index contributed by atoms with van der Waals surface area (Å²) in [5.41, 5.74) is 0.578. The van der Waals surface area contributed by atoms with Gasteiger partial charge in [-0.2, -0.15) is 0 Å². The van der Waals surface area contributed by atoms with Crippen LogP contribution in [0.3, 0.4) is 0 Å². The molecule has 1 N–H and O–H groups in total. The van der Waals surface area contributed by atoms with Crippen LogP contribution < -0.4 is 0 Å². The Kier molecular flexibility index (Phi) is 3.46. The van der Waals surface area contributed by atoms with Crippen molar-refractivity contribution in [2.75, 3.05) is 19.8 Å². The summed E-state index contributed by atoms with van der Waals surface area (Å²) >= 11 is 0. The van der Waals surface area contributed by atoms with Crippen molar-refractivity contribution < 1.29 is 22.7 Å². The van der Waals surface area contributed by atoms with Gasteiger partial charge in [-0.05, 0) is 24.1 Å². The van der Waals surface area contributed by atoms with Crippen molar-refractivity contribution in [2.45, 2.75) is 16.6 Å². The van der Waals surface area contributed by atoms with Gasteiger partial charge in [-0.3, -0.25) is 0 Å². The second-order valence-corrected chi connectivity index (χ2v) is 6.14. The first-order valence-corrected chi connectivity index (χ1v) is 6.81. The van der Waals surface area contributed by atoms with Crippen molar-refractivity contribution in [3.63, 3.8) is 0 Å². The average Bonchev–Trinajstić information content (AvgIpc) is 2.13. The fourth-order valence-corrected chi connectivity index (χ4v) is 3.13. The molecule has 1 aliphatic rings. The molecular formula is C11H13FO4S. The van der Waals surface area contributed by atoms with Crippen LogP contribution in [-0.2, 0) is 21.0 Å². The van der Waals surface area contributed by atoms with E-state index in [0.717, 1.165) is 6.07 Å². The lowest BCUT2D eigenvalue weighted by atomic mass is 10.1. The minimum Gasteiger partial charge on any atom is -0.396 e. The molecule has 0 aromatic heterocycles. The Morgan fingerprint density at radius 3 is 2.59 bits per heavy atom. The Morgan fingerprint density at radius 2 is 2.12 bits per heavy atom. The molecule has 0 radical (unpaired) electrons. The monoisotopic (exact) mass is 260 g/mol. The molecule has 1 heterocycles. The summed E-state index contributed by atoms with van der Waals surface area (Å²) in [7, 11) is -3.63. The van der Waals surface area contributed by atoms with Crippen LogP contribution in [0.4, 0.5) is 4.39 Å². The number of sulfone groups is 1. The minimum absolute atomic E-state index is 0.0952. The molecule has 1 aromatic carbocycles. The van der Waals surface area contributed by atoms with Gasteiger partial charge in [-0.25, -0.2) is 12.8 Å². The zero-order valence-electron chi connectivity index (χ0n) is 9.10. The summed E-state index contributed by atoms with van der Waals surface area (Å²) in [5, 5.41) is 8.08. The molecule has 0 spiro atoms. The highest BCUT2D eigenvalue weighted by Gasteiger charge is 2.35. The molecule has 17 heavy (non-hydrogen) atoms. The molecule has 0 aliphatic carbocycles. The van der Waals surface area contributed by atoms with Crippen molar-refractivity contribution in [3.8, 4) is 0 Å². The van der Waals surface area contributed by atoms with Crippen LogP contribution in [0.15, 0.2) is 23.1 Å². The highest BCUT2D eigenvalue weighted by atomic mass is 32.2. The fourth-order valence-electron chi connectivity index (χ4n) is 1.63. The van der Waals surface area contributed by atoms with E-state index in [1.807, 2.05) is 0 Å². The lowest BCUT2D eigenvalue weighted by Gasteiger charge is -2.25. The quantitative estimate of drug-likeness (QED) is 0.858. The molecule has 0 bridgehead atoms. The predicted octanol–water partition coefficient (Wildman–Crippen LogP) is 0.533. The number of rotatable bonds is 4. The van der Waals surface area contributed by atoms with Gasteiger partial charge < -0.3 is 9.84 Å². The van der Waals surface area contributed by atoms with Crippen molar-refractivity contribution in [2.24, 2.45) is 0 Å². The zero-order valence-corrected chi connectivity index (χ0v) is 9.91. The molecule has 94 valence electrons. The Hall–Kier alpha value is -0.980. The van der Waals surface area contributed by atoms with Crippen molar-refractivity contribution in [3.05, 3.63) is 29.6 Å². The fraction of sp³-hybridized carbons (Fsp3) is 0.455.